The van der Waals surface area contributed by atoms with Crippen molar-refractivity contribution >= 4 is 27.5 Å². The van der Waals surface area contributed by atoms with E-state index in [4.69, 9.17) is 0 Å². The Hall–Kier alpha value is -0.900. The number of benzene rings is 1. The van der Waals surface area contributed by atoms with Gasteiger partial charge in [0.05, 0.1) is 4.83 Å². The maximum atomic E-state index is 13.4. The van der Waals surface area contributed by atoms with Crippen molar-refractivity contribution in [1.82, 2.24) is 0 Å². The fraction of sp³-hybridized carbons (Fsp3) is 0.417. The minimum Gasteiger partial charge on any atom is -0.311 e. The highest BCUT2D eigenvalue weighted by Crippen LogP contribution is 2.25. The Morgan fingerprint density at radius 3 is 2.94 bits per heavy atom. The summed E-state index contributed by atoms with van der Waals surface area (Å²) in [5, 5.41) is 0. The number of carbonyl (C=O) groups excluding carboxylic acids is 1. The maximum absolute atomic E-state index is 13.4. The SMILES string of the molecule is Cc1ccc(N2CCCC(Br)C2=O)cc1F. The number of amides is 1. The number of nitrogens with zero attached hydrogens (tertiary/aromatic N) is 1. The fourth-order valence-electron chi connectivity index (χ4n) is 1.84. The molecule has 1 saturated heterocycles. The van der Waals surface area contributed by atoms with Crippen molar-refractivity contribution in [3.05, 3.63) is 29.6 Å². The Morgan fingerprint density at radius 1 is 1.50 bits per heavy atom. The molecule has 2 nitrogen and oxygen atoms in total. The lowest BCUT2D eigenvalue weighted by Crippen LogP contribution is -2.41. The summed E-state index contributed by atoms with van der Waals surface area (Å²) in [6.07, 6.45) is 1.79. The number of carbonyl (C=O) groups is 1. The van der Waals surface area contributed by atoms with Crippen molar-refractivity contribution in [3.8, 4) is 0 Å². The van der Waals surface area contributed by atoms with Gasteiger partial charge in [-0.1, -0.05) is 22.0 Å². The molecule has 1 aromatic rings. The van der Waals surface area contributed by atoms with Gasteiger partial charge in [0.2, 0.25) is 5.91 Å². The van der Waals surface area contributed by atoms with Crippen LogP contribution in [0.2, 0.25) is 0 Å². The van der Waals surface area contributed by atoms with E-state index in [1.807, 2.05) is 0 Å². The van der Waals surface area contributed by atoms with E-state index in [0.717, 1.165) is 12.8 Å². The molecule has 1 heterocycles. The standard InChI is InChI=1S/C12H13BrFNO/c1-8-4-5-9(7-11(8)14)15-6-2-3-10(13)12(15)16/h4-5,7,10H,2-3,6H2,1H3. The molecule has 0 aliphatic carbocycles. The van der Waals surface area contributed by atoms with Crippen molar-refractivity contribution in [2.45, 2.75) is 24.6 Å². The number of alkyl halides is 1. The minimum atomic E-state index is -0.262. The molecule has 0 bridgehead atoms. The van der Waals surface area contributed by atoms with Crippen LogP contribution in [0.15, 0.2) is 18.2 Å². The smallest absolute Gasteiger partial charge is 0.240 e. The molecule has 0 N–H and O–H groups in total. The summed E-state index contributed by atoms with van der Waals surface area (Å²) < 4.78 is 13.4. The van der Waals surface area contributed by atoms with E-state index in [9.17, 15) is 9.18 Å². The second kappa shape index (κ2) is 4.53. The summed E-state index contributed by atoms with van der Waals surface area (Å²) in [4.78, 5) is 13.4. The van der Waals surface area contributed by atoms with Crippen LogP contribution in [0, 0.1) is 12.7 Å². The number of piperidine rings is 1. The molecule has 1 amide bonds. The monoisotopic (exact) mass is 285 g/mol. The van der Waals surface area contributed by atoms with Gasteiger partial charge in [0.15, 0.2) is 0 Å². The van der Waals surface area contributed by atoms with E-state index in [-0.39, 0.29) is 16.6 Å². The summed E-state index contributed by atoms with van der Waals surface area (Å²) in [7, 11) is 0. The topological polar surface area (TPSA) is 20.3 Å². The lowest BCUT2D eigenvalue weighted by molar-refractivity contribution is -0.118. The first kappa shape index (κ1) is 11.6. The van der Waals surface area contributed by atoms with E-state index < -0.39 is 0 Å². The van der Waals surface area contributed by atoms with E-state index >= 15 is 0 Å². The molecule has 4 heteroatoms. The maximum Gasteiger partial charge on any atom is 0.240 e. The normalized spacial score (nSPS) is 21.3. The molecule has 1 aromatic carbocycles. The highest BCUT2D eigenvalue weighted by Gasteiger charge is 2.27. The molecule has 0 spiro atoms. The van der Waals surface area contributed by atoms with Crippen molar-refractivity contribution < 1.29 is 9.18 Å². The van der Waals surface area contributed by atoms with Gasteiger partial charge in [-0.15, -0.1) is 0 Å². The van der Waals surface area contributed by atoms with Crippen molar-refractivity contribution in [2.24, 2.45) is 0 Å². The number of aryl methyl sites for hydroxylation is 1. The van der Waals surface area contributed by atoms with Crippen LogP contribution < -0.4 is 4.90 Å². The van der Waals surface area contributed by atoms with Crippen molar-refractivity contribution in [3.63, 3.8) is 0 Å². The first-order chi connectivity index (χ1) is 7.59. The Labute approximate surface area is 103 Å². The molecule has 1 aliphatic rings. The number of halogens is 2. The largest absolute Gasteiger partial charge is 0.311 e. The predicted molar refractivity (Wildman–Crippen MR) is 65.4 cm³/mol. The third kappa shape index (κ3) is 2.12. The first-order valence-electron chi connectivity index (χ1n) is 5.31. The molecule has 86 valence electrons. The van der Waals surface area contributed by atoms with Gasteiger partial charge in [0, 0.05) is 12.2 Å². The van der Waals surface area contributed by atoms with Gasteiger partial charge in [-0.2, -0.15) is 0 Å². The van der Waals surface area contributed by atoms with Gasteiger partial charge in [-0.05, 0) is 37.5 Å². The zero-order valence-electron chi connectivity index (χ0n) is 9.04. The summed E-state index contributed by atoms with van der Waals surface area (Å²) in [6, 6.07) is 4.93. The Kier molecular flexibility index (Phi) is 3.28. The summed E-state index contributed by atoms with van der Waals surface area (Å²) >= 11 is 3.34. The van der Waals surface area contributed by atoms with Gasteiger partial charge in [0.1, 0.15) is 5.82 Å². The molecule has 1 atom stereocenters. The average Bonchev–Trinajstić information content (AvgIpc) is 2.26. The van der Waals surface area contributed by atoms with Gasteiger partial charge < -0.3 is 4.90 Å². The van der Waals surface area contributed by atoms with E-state index in [1.54, 1.807) is 24.0 Å². The summed E-state index contributed by atoms with van der Waals surface area (Å²) in [5.41, 5.74) is 1.25. The first-order valence-corrected chi connectivity index (χ1v) is 6.23. The van der Waals surface area contributed by atoms with Crippen LogP contribution in [-0.4, -0.2) is 17.3 Å². The number of hydrogen-bond donors (Lipinski definition) is 0. The van der Waals surface area contributed by atoms with Crippen molar-refractivity contribution in [2.75, 3.05) is 11.4 Å². The molecule has 1 fully saturated rings. The molecule has 16 heavy (non-hydrogen) atoms. The number of anilines is 1. The molecule has 0 radical (unpaired) electrons. The summed E-state index contributed by atoms with van der Waals surface area (Å²) in [5.74, 6) is -0.239. The molecular weight excluding hydrogens is 273 g/mol. The molecule has 1 aliphatic heterocycles. The zero-order valence-corrected chi connectivity index (χ0v) is 10.6. The minimum absolute atomic E-state index is 0.0227. The second-order valence-electron chi connectivity index (χ2n) is 4.03. The predicted octanol–water partition coefficient (Wildman–Crippen LogP) is 3.02. The molecular formula is C12H13BrFNO. The van der Waals surface area contributed by atoms with Crippen LogP contribution in [0.5, 0.6) is 0 Å². The van der Waals surface area contributed by atoms with Gasteiger partial charge in [0.25, 0.3) is 0 Å². The van der Waals surface area contributed by atoms with Crippen LogP contribution in [0.25, 0.3) is 0 Å². The van der Waals surface area contributed by atoms with E-state index in [0.29, 0.717) is 17.8 Å². The average molecular weight is 286 g/mol. The van der Waals surface area contributed by atoms with Crippen LogP contribution in [0.3, 0.4) is 0 Å². The number of hydrogen-bond acceptors (Lipinski definition) is 1. The third-order valence-corrected chi connectivity index (χ3v) is 3.69. The van der Waals surface area contributed by atoms with E-state index in [2.05, 4.69) is 15.9 Å². The molecule has 2 rings (SSSR count). The van der Waals surface area contributed by atoms with Crippen molar-refractivity contribution in [1.29, 1.82) is 0 Å². The highest BCUT2D eigenvalue weighted by atomic mass is 79.9. The molecule has 0 saturated carbocycles. The van der Waals surface area contributed by atoms with Gasteiger partial charge >= 0.3 is 0 Å². The van der Waals surface area contributed by atoms with E-state index in [1.165, 1.54) is 6.07 Å². The molecule has 1 unspecified atom stereocenters. The van der Waals surface area contributed by atoms with Crippen LogP contribution in [0.1, 0.15) is 18.4 Å². The third-order valence-electron chi connectivity index (χ3n) is 2.84. The fourth-order valence-corrected chi connectivity index (χ4v) is 2.41. The Bertz CT molecular complexity index is 421. The quantitative estimate of drug-likeness (QED) is 0.727. The Balaban J connectivity index is 2.29. The van der Waals surface area contributed by atoms with Gasteiger partial charge in [-0.25, -0.2) is 4.39 Å². The molecule has 0 aromatic heterocycles. The second-order valence-corrected chi connectivity index (χ2v) is 5.14. The lowest BCUT2D eigenvalue weighted by Gasteiger charge is -2.29. The summed E-state index contributed by atoms with van der Waals surface area (Å²) in [6.45, 7) is 2.38. The van der Waals surface area contributed by atoms with Crippen LogP contribution >= 0.6 is 15.9 Å². The van der Waals surface area contributed by atoms with Crippen LogP contribution in [-0.2, 0) is 4.79 Å². The number of rotatable bonds is 1. The van der Waals surface area contributed by atoms with Gasteiger partial charge in [-0.3, -0.25) is 4.79 Å². The van der Waals surface area contributed by atoms with Crippen LogP contribution in [0.4, 0.5) is 10.1 Å². The Morgan fingerprint density at radius 2 is 2.25 bits per heavy atom. The zero-order chi connectivity index (χ0) is 11.7. The highest BCUT2D eigenvalue weighted by molar-refractivity contribution is 9.10. The lowest BCUT2D eigenvalue weighted by atomic mass is 10.1.